The number of carboxylic acids is 1. The second kappa shape index (κ2) is 4.32. The van der Waals surface area contributed by atoms with Crippen LogP contribution in [0.15, 0.2) is 24.5 Å². The molecule has 0 radical (unpaired) electrons. The molecule has 1 N–H and O–H groups in total. The minimum absolute atomic E-state index is 0.0330. The lowest BCUT2D eigenvalue weighted by Gasteiger charge is -2.09. The number of nitrogens with zero attached hydrogens (tertiary/aromatic N) is 4. The molecule has 2 aromatic heterocycles. The van der Waals surface area contributed by atoms with E-state index < -0.39 is 5.97 Å². The molecule has 88 valence electrons. The largest absolute Gasteiger partial charge is 0.478 e. The predicted octanol–water partition coefficient (Wildman–Crippen LogP) is 1.48. The molecule has 0 saturated heterocycles. The van der Waals surface area contributed by atoms with Gasteiger partial charge < -0.3 is 5.11 Å². The highest BCUT2D eigenvalue weighted by molar-refractivity contribution is 5.89. The smallest absolute Gasteiger partial charge is 0.339 e. The Kier molecular flexibility index (Phi) is 2.86. The number of aromatic nitrogens is 4. The fraction of sp³-hybridized carbons (Fsp3) is 0.273. The zero-order chi connectivity index (χ0) is 12.4. The van der Waals surface area contributed by atoms with Gasteiger partial charge >= 0.3 is 5.97 Å². The van der Waals surface area contributed by atoms with Crippen LogP contribution in [0.1, 0.15) is 35.8 Å². The minimum Gasteiger partial charge on any atom is -0.478 e. The first-order valence-corrected chi connectivity index (χ1v) is 5.20. The number of rotatable bonds is 3. The standard InChI is InChI=1S/C11H12N4O2/c1-7(2)10-8(11(16)17)6-13-15(10)9-4-3-5-12-14-9/h3-7H,1-2H3,(H,16,17). The van der Waals surface area contributed by atoms with E-state index in [4.69, 9.17) is 5.11 Å². The van der Waals surface area contributed by atoms with Gasteiger partial charge in [-0.25, -0.2) is 9.48 Å². The van der Waals surface area contributed by atoms with Crippen LogP contribution in [0.2, 0.25) is 0 Å². The topological polar surface area (TPSA) is 80.9 Å². The molecule has 17 heavy (non-hydrogen) atoms. The molecule has 0 atom stereocenters. The summed E-state index contributed by atoms with van der Waals surface area (Å²) in [6.07, 6.45) is 2.90. The Morgan fingerprint density at radius 2 is 2.24 bits per heavy atom. The highest BCUT2D eigenvalue weighted by Crippen LogP contribution is 2.21. The first kappa shape index (κ1) is 11.3. The van der Waals surface area contributed by atoms with Crippen molar-refractivity contribution in [2.75, 3.05) is 0 Å². The molecule has 0 aliphatic rings. The first-order valence-electron chi connectivity index (χ1n) is 5.20. The predicted molar refractivity (Wildman–Crippen MR) is 60.2 cm³/mol. The monoisotopic (exact) mass is 232 g/mol. The SMILES string of the molecule is CC(C)c1c(C(=O)O)cnn1-c1cccnn1. The van der Waals surface area contributed by atoms with E-state index in [0.717, 1.165) is 0 Å². The molecule has 0 bridgehead atoms. The van der Waals surface area contributed by atoms with E-state index in [0.29, 0.717) is 11.5 Å². The molecule has 0 aliphatic carbocycles. The Bertz CT molecular complexity index is 534. The molecule has 6 nitrogen and oxygen atoms in total. The van der Waals surface area contributed by atoms with E-state index in [9.17, 15) is 4.79 Å². The van der Waals surface area contributed by atoms with Gasteiger partial charge in [-0.05, 0) is 18.1 Å². The molecule has 2 rings (SSSR count). The number of carboxylic acid groups (broad SMARTS) is 1. The van der Waals surface area contributed by atoms with Crippen molar-refractivity contribution in [2.45, 2.75) is 19.8 Å². The van der Waals surface area contributed by atoms with Gasteiger partial charge in [0, 0.05) is 6.20 Å². The number of hydrogen-bond donors (Lipinski definition) is 1. The minimum atomic E-state index is -0.983. The second-order valence-electron chi connectivity index (χ2n) is 3.90. The Morgan fingerprint density at radius 3 is 2.76 bits per heavy atom. The lowest BCUT2D eigenvalue weighted by Crippen LogP contribution is -2.09. The summed E-state index contributed by atoms with van der Waals surface area (Å²) in [6.45, 7) is 3.83. The lowest BCUT2D eigenvalue weighted by molar-refractivity contribution is 0.0695. The summed E-state index contributed by atoms with van der Waals surface area (Å²) in [5.74, 6) is -0.432. The Morgan fingerprint density at radius 1 is 1.47 bits per heavy atom. The van der Waals surface area contributed by atoms with E-state index in [2.05, 4.69) is 15.3 Å². The molecule has 0 saturated carbocycles. The third-order valence-corrected chi connectivity index (χ3v) is 2.36. The third kappa shape index (κ3) is 2.01. The molecule has 0 unspecified atom stereocenters. The molecular weight excluding hydrogens is 220 g/mol. The zero-order valence-corrected chi connectivity index (χ0v) is 9.53. The maximum atomic E-state index is 11.1. The van der Waals surface area contributed by atoms with Crippen molar-refractivity contribution in [1.82, 2.24) is 20.0 Å². The number of aromatic carboxylic acids is 1. The van der Waals surface area contributed by atoms with Crippen molar-refractivity contribution in [3.05, 3.63) is 35.8 Å². The van der Waals surface area contributed by atoms with Gasteiger partial charge in [-0.3, -0.25) is 0 Å². The summed E-state index contributed by atoms with van der Waals surface area (Å²) >= 11 is 0. The van der Waals surface area contributed by atoms with Gasteiger partial charge in [0.05, 0.1) is 11.9 Å². The summed E-state index contributed by atoms with van der Waals surface area (Å²) in [5.41, 5.74) is 0.823. The molecule has 0 aromatic carbocycles. The van der Waals surface area contributed by atoms with Crippen molar-refractivity contribution in [3.8, 4) is 5.82 Å². The summed E-state index contributed by atoms with van der Waals surface area (Å²) < 4.78 is 1.52. The van der Waals surface area contributed by atoms with Crippen molar-refractivity contribution < 1.29 is 9.90 Å². The summed E-state index contributed by atoms with van der Waals surface area (Å²) in [6, 6.07) is 3.46. The highest BCUT2D eigenvalue weighted by Gasteiger charge is 2.20. The van der Waals surface area contributed by atoms with E-state index in [1.165, 1.54) is 10.9 Å². The summed E-state index contributed by atoms with van der Waals surface area (Å²) in [7, 11) is 0. The van der Waals surface area contributed by atoms with Crippen molar-refractivity contribution in [2.24, 2.45) is 0 Å². The molecule has 0 amide bonds. The Balaban J connectivity index is 2.60. The molecule has 2 aromatic rings. The number of carbonyl (C=O) groups is 1. The normalized spacial score (nSPS) is 10.8. The summed E-state index contributed by atoms with van der Waals surface area (Å²) in [5, 5.41) is 20.8. The van der Waals surface area contributed by atoms with E-state index >= 15 is 0 Å². The third-order valence-electron chi connectivity index (χ3n) is 2.36. The van der Waals surface area contributed by atoms with Crippen LogP contribution in [0.5, 0.6) is 0 Å². The van der Waals surface area contributed by atoms with Gasteiger partial charge in [-0.2, -0.15) is 10.2 Å². The average molecular weight is 232 g/mol. The van der Waals surface area contributed by atoms with Crippen LogP contribution in [0, 0.1) is 0 Å². The molecule has 6 heteroatoms. The average Bonchev–Trinajstić information content (AvgIpc) is 2.74. The maximum absolute atomic E-state index is 11.1. The van der Waals surface area contributed by atoms with Crippen LogP contribution >= 0.6 is 0 Å². The lowest BCUT2D eigenvalue weighted by atomic mass is 10.1. The first-order chi connectivity index (χ1) is 8.11. The van der Waals surface area contributed by atoms with Crippen molar-refractivity contribution in [1.29, 1.82) is 0 Å². The van der Waals surface area contributed by atoms with Gasteiger partial charge in [-0.15, -0.1) is 5.10 Å². The van der Waals surface area contributed by atoms with Gasteiger partial charge in [0.2, 0.25) is 0 Å². The van der Waals surface area contributed by atoms with E-state index in [1.54, 1.807) is 18.3 Å². The Hall–Kier alpha value is -2.24. The van der Waals surface area contributed by atoms with Crippen molar-refractivity contribution in [3.63, 3.8) is 0 Å². The van der Waals surface area contributed by atoms with E-state index in [1.807, 2.05) is 13.8 Å². The van der Waals surface area contributed by atoms with E-state index in [-0.39, 0.29) is 11.5 Å². The van der Waals surface area contributed by atoms with Gasteiger partial charge in [0.15, 0.2) is 5.82 Å². The summed E-state index contributed by atoms with van der Waals surface area (Å²) in [4.78, 5) is 11.1. The molecular formula is C11H12N4O2. The molecule has 0 fully saturated rings. The van der Waals surface area contributed by atoms with Gasteiger partial charge in [0.1, 0.15) is 5.56 Å². The van der Waals surface area contributed by atoms with Crippen LogP contribution in [0.4, 0.5) is 0 Å². The molecule has 2 heterocycles. The molecule has 0 spiro atoms. The van der Waals surface area contributed by atoms with Crippen molar-refractivity contribution >= 4 is 5.97 Å². The number of hydrogen-bond acceptors (Lipinski definition) is 4. The zero-order valence-electron chi connectivity index (χ0n) is 9.53. The van der Waals surface area contributed by atoms with Gasteiger partial charge in [-0.1, -0.05) is 13.8 Å². The van der Waals surface area contributed by atoms with Gasteiger partial charge in [0.25, 0.3) is 0 Å². The Labute approximate surface area is 97.9 Å². The van der Waals surface area contributed by atoms with Crippen LogP contribution in [0.25, 0.3) is 5.82 Å². The molecule has 0 aliphatic heterocycles. The highest BCUT2D eigenvalue weighted by atomic mass is 16.4. The van der Waals surface area contributed by atoms with Crippen LogP contribution < -0.4 is 0 Å². The fourth-order valence-electron chi connectivity index (χ4n) is 1.67. The fourth-order valence-corrected chi connectivity index (χ4v) is 1.67. The maximum Gasteiger partial charge on any atom is 0.339 e. The quantitative estimate of drug-likeness (QED) is 0.866. The van der Waals surface area contributed by atoms with Crippen LogP contribution in [0.3, 0.4) is 0 Å². The van der Waals surface area contributed by atoms with Crippen LogP contribution in [-0.4, -0.2) is 31.1 Å². The van der Waals surface area contributed by atoms with Crippen LogP contribution in [-0.2, 0) is 0 Å². The second-order valence-corrected chi connectivity index (χ2v) is 3.90.